The number of carboxylic acids is 1. The van der Waals surface area contributed by atoms with Crippen molar-refractivity contribution in [2.75, 3.05) is 0 Å². The number of hydrogen-bond donors (Lipinski definition) is 2. The first kappa shape index (κ1) is 20.1. The topological polar surface area (TPSA) is 79.3 Å². The monoisotopic (exact) mass is 306 g/mol. The van der Waals surface area contributed by atoms with E-state index in [1.54, 1.807) is 48.8 Å². The zero-order valence-electron chi connectivity index (χ0n) is 12.3. The van der Waals surface area contributed by atoms with Crippen LogP contribution in [0, 0.1) is 7.05 Å². The van der Waals surface area contributed by atoms with Crippen LogP contribution in [0.15, 0.2) is 60.9 Å². The Labute approximate surface area is 151 Å². The SMILES string of the molecule is O=C(O)c1ccccc1.[CH2-]NC(=O)/C=C/c1cccnc1.[Na+]. The Kier molecular flexibility index (Phi) is 10.6. The van der Waals surface area contributed by atoms with E-state index in [0.717, 1.165) is 5.56 Å². The Morgan fingerprint density at radius 2 is 1.82 bits per heavy atom. The van der Waals surface area contributed by atoms with Gasteiger partial charge in [-0.15, -0.1) is 0 Å². The van der Waals surface area contributed by atoms with Crippen molar-refractivity contribution >= 4 is 18.0 Å². The average Bonchev–Trinajstić information content (AvgIpc) is 2.55. The van der Waals surface area contributed by atoms with Crippen molar-refractivity contribution in [2.24, 2.45) is 0 Å². The Hall–Kier alpha value is -1.95. The first-order valence-electron chi connectivity index (χ1n) is 6.07. The second-order valence-electron chi connectivity index (χ2n) is 3.83. The van der Waals surface area contributed by atoms with Gasteiger partial charge in [0.05, 0.1) is 5.56 Å². The number of nitrogens with zero attached hydrogens (tertiary/aromatic N) is 1. The number of aromatic nitrogens is 1. The van der Waals surface area contributed by atoms with Gasteiger partial charge in [0.25, 0.3) is 0 Å². The third-order valence-electron chi connectivity index (χ3n) is 2.31. The number of carbonyl (C=O) groups excluding carboxylic acids is 1. The van der Waals surface area contributed by atoms with E-state index in [1.165, 1.54) is 6.08 Å². The van der Waals surface area contributed by atoms with Gasteiger partial charge in [-0.05, 0) is 29.8 Å². The summed E-state index contributed by atoms with van der Waals surface area (Å²) in [6.07, 6.45) is 6.43. The molecule has 6 heteroatoms. The van der Waals surface area contributed by atoms with Gasteiger partial charge >= 0.3 is 35.5 Å². The number of nitrogens with one attached hydrogen (secondary N) is 1. The fraction of sp³-hybridized carbons (Fsp3) is 0. The number of carboxylic acid groups (broad SMARTS) is 1. The number of hydrogen-bond acceptors (Lipinski definition) is 3. The van der Waals surface area contributed by atoms with Crippen LogP contribution in [0.2, 0.25) is 0 Å². The molecule has 2 rings (SSSR count). The molecular weight excluding hydrogens is 291 g/mol. The van der Waals surface area contributed by atoms with Crippen LogP contribution in [-0.2, 0) is 4.79 Å². The number of rotatable bonds is 3. The molecule has 1 heterocycles. The van der Waals surface area contributed by atoms with Gasteiger partial charge < -0.3 is 10.4 Å². The maximum Gasteiger partial charge on any atom is 1.00 e. The van der Waals surface area contributed by atoms with Crippen molar-refractivity contribution in [3.8, 4) is 0 Å². The molecule has 2 aromatic rings. The van der Waals surface area contributed by atoms with Crippen LogP contribution < -0.4 is 34.9 Å². The van der Waals surface area contributed by atoms with Crippen molar-refractivity contribution < 1.29 is 44.3 Å². The van der Waals surface area contributed by atoms with Crippen molar-refractivity contribution in [1.82, 2.24) is 10.3 Å². The Balaban J connectivity index is 0.000000397. The zero-order chi connectivity index (χ0) is 15.5. The van der Waals surface area contributed by atoms with Crippen LogP contribution >= 0.6 is 0 Å². The summed E-state index contributed by atoms with van der Waals surface area (Å²) in [5.74, 6) is -1.10. The van der Waals surface area contributed by atoms with Gasteiger partial charge in [-0.1, -0.05) is 24.3 Å². The molecule has 0 aliphatic heterocycles. The first-order valence-corrected chi connectivity index (χ1v) is 6.07. The third kappa shape index (κ3) is 8.36. The molecule has 2 N–H and O–H groups in total. The fourth-order valence-corrected chi connectivity index (χ4v) is 1.29. The predicted octanol–water partition coefficient (Wildman–Crippen LogP) is -0.609. The molecule has 1 amide bonds. The zero-order valence-corrected chi connectivity index (χ0v) is 14.3. The molecule has 0 bridgehead atoms. The summed E-state index contributed by atoms with van der Waals surface area (Å²) in [4.78, 5) is 24.8. The summed E-state index contributed by atoms with van der Waals surface area (Å²) >= 11 is 0. The molecule has 0 spiro atoms. The Morgan fingerprint density at radius 3 is 2.27 bits per heavy atom. The van der Waals surface area contributed by atoms with E-state index in [-0.39, 0.29) is 35.5 Å². The van der Waals surface area contributed by atoms with E-state index < -0.39 is 5.97 Å². The maximum absolute atomic E-state index is 10.7. The minimum atomic E-state index is -0.879. The second kappa shape index (κ2) is 11.7. The van der Waals surface area contributed by atoms with Gasteiger partial charge in [0.15, 0.2) is 0 Å². The first-order chi connectivity index (χ1) is 10.1. The minimum Gasteiger partial charge on any atom is -0.505 e. The van der Waals surface area contributed by atoms with Gasteiger partial charge in [0, 0.05) is 18.5 Å². The van der Waals surface area contributed by atoms with E-state index in [4.69, 9.17) is 5.11 Å². The third-order valence-corrected chi connectivity index (χ3v) is 2.31. The van der Waals surface area contributed by atoms with Crippen LogP contribution in [0.3, 0.4) is 0 Å². The van der Waals surface area contributed by atoms with Crippen LogP contribution in [0.25, 0.3) is 6.08 Å². The normalized spacial score (nSPS) is 9.14. The molecule has 0 fully saturated rings. The van der Waals surface area contributed by atoms with Gasteiger partial charge in [0.2, 0.25) is 5.91 Å². The van der Waals surface area contributed by atoms with Gasteiger partial charge in [-0.3, -0.25) is 16.8 Å². The predicted molar refractivity (Wildman–Crippen MR) is 80.2 cm³/mol. The molecule has 22 heavy (non-hydrogen) atoms. The summed E-state index contributed by atoms with van der Waals surface area (Å²) in [6, 6.07) is 12.0. The molecule has 0 atom stereocenters. The Morgan fingerprint density at radius 1 is 1.14 bits per heavy atom. The smallest absolute Gasteiger partial charge is 0.505 e. The van der Waals surface area contributed by atoms with Crippen molar-refractivity contribution in [3.05, 3.63) is 79.1 Å². The molecule has 0 radical (unpaired) electrons. The molecule has 1 aromatic heterocycles. The Bertz CT molecular complexity index is 601. The molecule has 0 saturated carbocycles. The molecular formula is C16H15N2NaO3. The van der Waals surface area contributed by atoms with E-state index in [0.29, 0.717) is 5.56 Å². The van der Waals surface area contributed by atoms with Gasteiger partial charge in [-0.2, -0.15) is 0 Å². The summed E-state index contributed by atoms with van der Waals surface area (Å²) in [5, 5.41) is 10.6. The molecule has 1 aromatic carbocycles. The summed E-state index contributed by atoms with van der Waals surface area (Å²) in [7, 11) is 3.23. The fourth-order valence-electron chi connectivity index (χ4n) is 1.29. The number of amides is 1. The molecule has 0 unspecified atom stereocenters. The van der Waals surface area contributed by atoms with Gasteiger partial charge in [-0.25, -0.2) is 4.79 Å². The quantitative estimate of drug-likeness (QED) is 0.450. The largest absolute Gasteiger partial charge is 1.00 e. The van der Waals surface area contributed by atoms with Gasteiger partial charge in [0.1, 0.15) is 0 Å². The number of pyridine rings is 1. The minimum absolute atomic E-state index is 0. The second-order valence-corrected chi connectivity index (χ2v) is 3.83. The van der Waals surface area contributed by atoms with Crippen LogP contribution in [-0.4, -0.2) is 22.0 Å². The van der Waals surface area contributed by atoms with Crippen LogP contribution in [0.1, 0.15) is 15.9 Å². The van der Waals surface area contributed by atoms with E-state index in [9.17, 15) is 9.59 Å². The van der Waals surface area contributed by atoms with Crippen LogP contribution in [0.4, 0.5) is 0 Å². The standard InChI is InChI=1S/C9H9N2O.C7H6O2.Na/c1-10-9(12)5-4-8-3-2-6-11-7-8;8-7(9)6-4-2-1-3-5-6;/h2-7H,1H2,(H,10,12);1-5H,(H,8,9);/q-1;;+1/b5-4+;;. The number of aromatic carboxylic acids is 1. The summed E-state index contributed by atoms with van der Waals surface area (Å²) < 4.78 is 0. The van der Waals surface area contributed by atoms with Crippen molar-refractivity contribution in [3.63, 3.8) is 0 Å². The molecule has 0 aliphatic rings. The molecule has 0 saturated heterocycles. The van der Waals surface area contributed by atoms with Crippen LogP contribution in [0.5, 0.6) is 0 Å². The molecule has 0 aliphatic carbocycles. The van der Waals surface area contributed by atoms with E-state index in [2.05, 4.69) is 17.3 Å². The molecule has 108 valence electrons. The maximum atomic E-state index is 10.7. The molecule has 5 nitrogen and oxygen atoms in total. The van der Waals surface area contributed by atoms with Crippen molar-refractivity contribution in [2.45, 2.75) is 0 Å². The number of benzene rings is 1. The van der Waals surface area contributed by atoms with Crippen molar-refractivity contribution in [1.29, 1.82) is 0 Å². The number of carbonyl (C=O) groups is 2. The van der Waals surface area contributed by atoms with E-state index >= 15 is 0 Å². The summed E-state index contributed by atoms with van der Waals surface area (Å²) in [5.41, 5.74) is 1.22. The average molecular weight is 306 g/mol. The van der Waals surface area contributed by atoms with E-state index in [1.807, 2.05) is 12.1 Å². The summed E-state index contributed by atoms with van der Waals surface area (Å²) in [6.45, 7) is 0.